The van der Waals surface area contributed by atoms with Gasteiger partial charge in [0, 0.05) is 6.04 Å². The molecule has 3 aromatic rings. The summed E-state index contributed by atoms with van der Waals surface area (Å²) in [6.45, 7) is 3.94. The van der Waals surface area contributed by atoms with E-state index < -0.39 is 43.0 Å². The van der Waals surface area contributed by atoms with Crippen LogP contribution in [0.25, 0.3) is 0 Å². The van der Waals surface area contributed by atoms with E-state index in [-0.39, 0.29) is 71.4 Å². The maximum absolute atomic E-state index is 11.5. The number of ether oxygens (including phenoxy) is 2. The minimum absolute atomic E-state index is 0. The summed E-state index contributed by atoms with van der Waals surface area (Å²) in [5, 5.41) is 34.9. The van der Waals surface area contributed by atoms with E-state index in [9.17, 15) is 24.3 Å². The normalized spacial score (nSPS) is 10.4. The molecule has 0 fully saturated rings. The van der Waals surface area contributed by atoms with Crippen LogP contribution in [0.15, 0.2) is 78.9 Å². The van der Waals surface area contributed by atoms with E-state index in [1.165, 1.54) is 11.1 Å². The van der Waals surface area contributed by atoms with E-state index in [1.54, 1.807) is 24.3 Å². The summed E-state index contributed by atoms with van der Waals surface area (Å²) in [7, 11) is 0. The number of nitrogens with zero attached hydrogens (tertiary/aromatic N) is 1. The molecule has 0 radical (unpaired) electrons. The summed E-state index contributed by atoms with van der Waals surface area (Å²) in [6, 6.07) is 24.1. The first kappa shape index (κ1) is 56.9. The number of carbonyl (C=O) groups is 4. The second-order valence-corrected chi connectivity index (χ2v) is 11.4. The first-order valence-corrected chi connectivity index (χ1v) is 16.8. The van der Waals surface area contributed by atoms with Gasteiger partial charge in [0.2, 0.25) is 0 Å². The van der Waals surface area contributed by atoms with Crippen LogP contribution >= 0.6 is 28.3 Å². The van der Waals surface area contributed by atoms with Crippen molar-refractivity contribution in [1.29, 1.82) is 0 Å². The standard InChI is InChI=1S/C17H23NO7.C16H19NO.C2H3BrO2.CO2.ClH.Na.H2O/c1-2-3-8-25-13-6-4-12(5-7-13)9-14(17(23)24)18(10-15(19)20)11-16(21)22;1-13(17)11-14-7-9-16(10-8-14)18-12-15-5-3-2-4-6-15;3-1-2(4)5;2-1-3;;;/h4-7,14H,2-3,8-11H2,1H3,(H,19,20)(H,21,22)(H,23,24);2-10,13H,11-12,17H2,1H3;1H2,(H,4,5);;1H;;1H2/q;;;;;+1;/p-1. The van der Waals surface area contributed by atoms with Crippen LogP contribution in [0.1, 0.15) is 43.4 Å². The number of unbranched alkanes of at least 4 members (excludes halogenated alkanes) is 1. The van der Waals surface area contributed by atoms with Crippen molar-refractivity contribution in [2.24, 2.45) is 5.73 Å². The van der Waals surface area contributed by atoms with Crippen molar-refractivity contribution >= 4 is 58.4 Å². The molecule has 0 bridgehead atoms. The fourth-order valence-electron chi connectivity index (χ4n) is 4.11. The number of hydrogen-bond acceptors (Lipinski definition) is 11. The number of alkyl halides is 1. The predicted octanol–water partition coefficient (Wildman–Crippen LogP) is 1.62. The maximum Gasteiger partial charge on any atom is 1.00 e. The molecular weight excluding hydrogens is 807 g/mol. The van der Waals surface area contributed by atoms with Gasteiger partial charge in [0.05, 0.1) is 19.7 Å². The fraction of sp³-hybridized carbons (Fsp3) is 0.361. The van der Waals surface area contributed by atoms with Gasteiger partial charge in [-0.05, 0) is 67.1 Å². The van der Waals surface area contributed by atoms with Gasteiger partial charge >= 0.3 is 59.6 Å². The zero-order chi connectivity index (χ0) is 38.6. The third-order valence-corrected chi connectivity index (χ3v) is 6.84. The van der Waals surface area contributed by atoms with Crippen molar-refractivity contribution in [1.82, 2.24) is 4.90 Å². The molecule has 0 aliphatic heterocycles. The van der Waals surface area contributed by atoms with Crippen LogP contribution < -0.4 is 44.8 Å². The van der Waals surface area contributed by atoms with Crippen LogP contribution in [0, 0.1) is 0 Å². The van der Waals surface area contributed by atoms with Crippen molar-refractivity contribution in [3.8, 4) is 11.5 Å². The second-order valence-electron chi connectivity index (χ2n) is 10.8. The number of nitrogens with two attached hydrogens (primary N) is 1. The molecule has 0 aliphatic carbocycles. The zero-order valence-corrected chi connectivity index (χ0v) is 34.7. The summed E-state index contributed by atoms with van der Waals surface area (Å²) in [5.41, 5.74) is 8.84. The van der Waals surface area contributed by atoms with Crippen LogP contribution in [0.3, 0.4) is 0 Å². The molecule has 2 atom stereocenters. The summed E-state index contributed by atoms with van der Waals surface area (Å²) in [6.07, 6.45) is 3.09. The predicted molar refractivity (Wildman–Crippen MR) is 199 cm³/mol. The molecule has 3 aromatic carbocycles. The molecule has 2 unspecified atom stereocenters. The Balaban J connectivity index is -0.000000378. The Hall–Kier alpha value is -3.83. The molecule has 294 valence electrons. The van der Waals surface area contributed by atoms with Gasteiger partial charge in [-0.15, -0.1) is 12.4 Å². The molecule has 54 heavy (non-hydrogen) atoms. The second kappa shape index (κ2) is 34.9. The van der Waals surface area contributed by atoms with Crippen molar-refractivity contribution < 1.29 is 93.7 Å². The van der Waals surface area contributed by atoms with E-state index >= 15 is 0 Å². The molecule has 0 saturated heterocycles. The zero-order valence-electron chi connectivity index (χ0n) is 30.3. The minimum atomic E-state index is -1.29. The molecule has 0 aliphatic rings. The van der Waals surface area contributed by atoms with Gasteiger partial charge in [-0.2, -0.15) is 9.59 Å². The monoisotopic (exact) mass is 852 g/mol. The summed E-state index contributed by atoms with van der Waals surface area (Å²) in [5.74, 6) is -3.11. The maximum atomic E-state index is 11.5. The van der Waals surface area contributed by atoms with E-state index in [4.69, 9.17) is 40.1 Å². The van der Waals surface area contributed by atoms with Crippen molar-refractivity contribution in [2.45, 2.75) is 58.2 Å². The van der Waals surface area contributed by atoms with Gasteiger partial charge in [-0.25, -0.2) is 0 Å². The van der Waals surface area contributed by atoms with Gasteiger partial charge in [0.25, 0.3) is 0 Å². The van der Waals surface area contributed by atoms with E-state index in [0.717, 1.165) is 29.9 Å². The van der Waals surface area contributed by atoms with Gasteiger partial charge in [0.1, 0.15) is 29.5 Å². The first-order valence-electron chi connectivity index (χ1n) is 15.7. The Labute approximate surface area is 351 Å². The number of halogens is 2. The topological polar surface area (TPSA) is 261 Å². The number of carbonyl (C=O) groups excluding carboxylic acids is 2. The summed E-state index contributed by atoms with van der Waals surface area (Å²) < 4.78 is 11.2. The Bertz CT molecular complexity index is 1460. The number of carboxylic acid groups (broad SMARTS) is 4. The van der Waals surface area contributed by atoms with Crippen LogP contribution in [0.5, 0.6) is 11.5 Å². The number of aliphatic carboxylic acids is 4. The van der Waals surface area contributed by atoms with Crippen molar-refractivity contribution in [3.63, 3.8) is 0 Å². The van der Waals surface area contributed by atoms with Gasteiger partial charge in [-0.1, -0.05) is 83.9 Å². The molecule has 0 saturated carbocycles. The van der Waals surface area contributed by atoms with E-state index in [0.29, 0.717) is 24.5 Å². The van der Waals surface area contributed by atoms with Gasteiger partial charge in [-0.3, -0.25) is 24.1 Å². The largest absolute Gasteiger partial charge is 1.00 e. The number of benzene rings is 3. The van der Waals surface area contributed by atoms with Crippen LogP contribution in [0.4, 0.5) is 0 Å². The molecule has 0 heterocycles. The average Bonchev–Trinajstić information content (AvgIpc) is 3.08. The minimum Gasteiger partial charge on any atom is -0.870 e. The third kappa shape index (κ3) is 29.6. The molecule has 0 amide bonds. The van der Waals surface area contributed by atoms with E-state index in [2.05, 4.69) is 47.1 Å². The van der Waals surface area contributed by atoms with Crippen LogP contribution in [-0.4, -0.2) is 97.9 Å². The van der Waals surface area contributed by atoms with Gasteiger partial charge < -0.3 is 41.1 Å². The Morgan fingerprint density at radius 1 is 0.759 bits per heavy atom. The molecule has 15 nitrogen and oxygen atoms in total. The molecule has 0 spiro atoms. The molecule has 18 heteroatoms. The molecular formula is C36H47BrClN2NaO13. The van der Waals surface area contributed by atoms with Crippen molar-refractivity contribution in [2.75, 3.05) is 25.0 Å². The third-order valence-electron chi connectivity index (χ3n) is 6.37. The number of carboxylic acids is 4. The number of hydrogen-bond donors (Lipinski definition) is 5. The summed E-state index contributed by atoms with van der Waals surface area (Å²) in [4.78, 5) is 59.8. The molecule has 0 aromatic heterocycles. The Morgan fingerprint density at radius 2 is 1.19 bits per heavy atom. The quantitative estimate of drug-likeness (QED) is 0.0692. The van der Waals surface area contributed by atoms with Crippen molar-refractivity contribution in [3.05, 3.63) is 95.6 Å². The smallest absolute Gasteiger partial charge is 0.870 e. The average molecular weight is 854 g/mol. The number of rotatable bonds is 18. The fourth-order valence-corrected chi connectivity index (χ4v) is 4.11. The summed E-state index contributed by atoms with van der Waals surface area (Å²) >= 11 is 2.71. The van der Waals surface area contributed by atoms with Crippen LogP contribution in [-0.2, 0) is 48.2 Å². The first-order chi connectivity index (χ1) is 24.3. The molecule has 3 rings (SSSR count). The van der Waals surface area contributed by atoms with Gasteiger partial charge in [0.15, 0.2) is 0 Å². The Morgan fingerprint density at radius 3 is 1.56 bits per heavy atom. The molecule has 7 N–H and O–H groups in total. The van der Waals surface area contributed by atoms with E-state index in [1.807, 2.05) is 37.3 Å². The SMILES string of the molecule is CC(N)Cc1ccc(OCc2ccccc2)cc1.CCCCOc1ccc(CC(C(=O)O)N(CC(=O)O)CC(=O)O)cc1.Cl.O=C(O)CBr.O=C=O.[Na+].[OH-]. The Kier molecular flexibility index (Phi) is 36.8. The van der Waals surface area contributed by atoms with Crippen LogP contribution in [0.2, 0.25) is 0 Å².